The molecule has 0 aliphatic carbocycles. The third-order valence-corrected chi connectivity index (χ3v) is 3.72. The van der Waals surface area contributed by atoms with Gasteiger partial charge in [0, 0.05) is 18.8 Å². The Hall–Kier alpha value is -1.87. The van der Waals surface area contributed by atoms with Gasteiger partial charge in [0.25, 0.3) is 0 Å². The Labute approximate surface area is 143 Å². The second-order valence-electron chi connectivity index (χ2n) is 5.48. The number of hydrazone groups is 1. The van der Waals surface area contributed by atoms with Gasteiger partial charge in [-0.15, -0.1) is 13.2 Å². The number of piperidine rings is 1. The summed E-state index contributed by atoms with van der Waals surface area (Å²) in [5, 5.41) is 4.12. The van der Waals surface area contributed by atoms with Crippen LogP contribution in [0.25, 0.3) is 0 Å². The smallest absolute Gasteiger partial charge is 0.406 e. The summed E-state index contributed by atoms with van der Waals surface area (Å²) >= 11 is 4.69. The van der Waals surface area contributed by atoms with Crippen molar-refractivity contribution in [2.75, 3.05) is 6.54 Å². The highest BCUT2D eigenvalue weighted by molar-refractivity contribution is 7.80. The van der Waals surface area contributed by atoms with Gasteiger partial charge in [0.15, 0.2) is 5.11 Å². The fraction of sp³-hybridized carbons (Fsp3) is 0.467. The van der Waals surface area contributed by atoms with Gasteiger partial charge < -0.3 is 10.5 Å². The van der Waals surface area contributed by atoms with Crippen LogP contribution in [-0.2, 0) is 6.54 Å². The van der Waals surface area contributed by atoms with Crippen LogP contribution in [0.1, 0.15) is 24.8 Å². The molecule has 1 unspecified atom stereocenters. The van der Waals surface area contributed by atoms with Crippen LogP contribution in [-0.4, -0.2) is 35.2 Å². The Balaban J connectivity index is 1.96. The Bertz CT molecular complexity index is 577. The van der Waals surface area contributed by atoms with E-state index in [-0.39, 0.29) is 16.9 Å². The van der Waals surface area contributed by atoms with Gasteiger partial charge in [-0.05, 0) is 49.3 Å². The molecule has 1 heterocycles. The number of benzene rings is 1. The second kappa shape index (κ2) is 8.29. The molecule has 1 aliphatic rings. The zero-order chi connectivity index (χ0) is 17.6. The number of likely N-dealkylation sites (tertiary alicyclic amines) is 1. The van der Waals surface area contributed by atoms with Crippen molar-refractivity contribution in [2.24, 2.45) is 10.8 Å². The van der Waals surface area contributed by atoms with Crippen LogP contribution in [0, 0.1) is 0 Å². The van der Waals surface area contributed by atoms with E-state index in [9.17, 15) is 13.2 Å². The molecule has 0 amide bonds. The summed E-state index contributed by atoms with van der Waals surface area (Å²) in [7, 11) is 0. The normalized spacial score (nSPS) is 19.4. The summed E-state index contributed by atoms with van der Waals surface area (Å²) in [4.78, 5) is 2.22. The van der Waals surface area contributed by atoms with Gasteiger partial charge in [0.2, 0.25) is 0 Å². The summed E-state index contributed by atoms with van der Waals surface area (Å²) in [5.41, 5.74) is 8.77. The number of rotatable bonds is 5. The second-order valence-corrected chi connectivity index (χ2v) is 5.92. The lowest BCUT2D eigenvalue weighted by Crippen LogP contribution is -2.40. The van der Waals surface area contributed by atoms with Crippen molar-refractivity contribution >= 4 is 23.5 Å². The predicted octanol–water partition coefficient (Wildman–Crippen LogP) is 2.76. The topological polar surface area (TPSA) is 62.9 Å². The molecule has 132 valence electrons. The molecule has 1 saturated heterocycles. The first-order valence-corrected chi connectivity index (χ1v) is 7.92. The minimum absolute atomic E-state index is 0.105. The van der Waals surface area contributed by atoms with Gasteiger partial charge in [-0.1, -0.05) is 18.6 Å². The van der Waals surface area contributed by atoms with Crippen LogP contribution in [0.4, 0.5) is 13.2 Å². The van der Waals surface area contributed by atoms with Gasteiger partial charge in [-0.25, -0.2) is 0 Å². The number of nitrogens with two attached hydrogens (primary N) is 1. The monoisotopic (exact) mass is 360 g/mol. The standard InChI is InChI=1S/C15H19F3N4OS/c16-15(17,18)23-13-6-4-11(5-7-13)10-22-8-2-1-3-12(22)9-20-21-14(19)24/h4-7,9,12H,1-3,8,10H2,(H3,19,21,24). The summed E-state index contributed by atoms with van der Waals surface area (Å²) in [6.07, 6.45) is 0.213. The third-order valence-electron chi connectivity index (χ3n) is 3.63. The Morgan fingerprint density at radius 2 is 2.08 bits per heavy atom. The van der Waals surface area contributed by atoms with E-state index in [1.807, 2.05) is 0 Å². The molecule has 0 bridgehead atoms. The molecule has 2 rings (SSSR count). The van der Waals surface area contributed by atoms with E-state index in [1.54, 1.807) is 18.3 Å². The zero-order valence-corrected chi connectivity index (χ0v) is 13.7. The molecule has 1 aromatic rings. The number of nitrogens with one attached hydrogen (secondary N) is 1. The van der Waals surface area contributed by atoms with Gasteiger partial charge >= 0.3 is 6.36 Å². The van der Waals surface area contributed by atoms with E-state index in [0.29, 0.717) is 6.54 Å². The molecular weight excluding hydrogens is 341 g/mol. The average Bonchev–Trinajstić information content (AvgIpc) is 2.49. The lowest BCUT2D eigenvalue weighted by atomic mass is 10.0. The van der Waals surface area contributed by atoms with Crippen molar-refractivity contribution in [3.05, 3.63) is 29.8 Å². The molecule has 1 aliphatic heterocycles. The van der Waals surface area contributed by atoms with Crippen molar-refractivity contribution in [3.8, 4) is 5.75 Å². The maximum atomic E-state index is 12.2. The van der Waals surface area contributed by atoms with E-state index >= 15 is 0 Å². The SMILES string of the molecule is NC(=S)NN=CC1CCCCN1Cc1ccc(OC(F)(F)F)cc1. The summed E-state index contributed by atoms with van der Waals surface area (Å²) in [5.74, 6) is -0.219. The summed E-state index contributed by atoms with van der Waals surface area (Å²) in [6, 6.07) is 6.05. The van der Waals surface area contributed by atoms with Gasteiger partial charge in [-0.2, -0.15) is 5.10 Å². The van der Waals surface area contributed by atoms with E-state index in [2.05, 4.69) is 20.2 Å². The van der Waals surface area contributed by atoms with Gasteiger partial charge in [0.05, 0.1) is 0 Å². The Morgan fingerprint density at radius 3 is 2.71 bits per heavy atom. The van der Waals surface area contributed by atoms with Gasteiger partial charge in [0.1, 0.15) is 5.75 Å². The van der Waals surface area contributed by atoms with Crippen LogP contribution >= 0.6 is 12.2 Å². The molecule has 1 aromatic carbocycles. The molecular formula is C15H19F3N4OS. The van der Waals surface area contributed by atoms with Crippen LogP contribution in [0.5, 0.6) is 5.75 Å². The van der Waals surface area contributed by atoms with Crippen molar-refractivity contribution in [2.45, 2.75) is 38.2 Å². The summed E-state index contributed by atoms with van der Waals surface area (Å²) < 4.78 is 40.4. The molecule has 3 N–H and O–H groups in total. The van der Waals surface area contributed by atoms with E-state index in [4.69, 9.17) is 18.0 Å². The quantitative estimate of drug-likeness (QED) is 0.480. The fourth-order valence-corrected chi connectivity index (χ4v) is 2.65. The first-order valence-electron chi connectivity index (χ1n) is 7.51. The van der Waals surface area contributed by atoms with Crippen molar-refractivity contribution in [1.29, 1.82) is 0 Å². The molecule has 0 aromatic heterocycles. The number of hydrogen-bond acceptors (Lipinski definition) is 4. The zero-order valence-electron chi connectivity index (χ0n) is 12.9. The molecule has 0 saturated carbocycles. The summed E-state index contributed by atoms with van der Waals surface area (Å²) in [6.45, 7) is 1.51. The number of alkyl halides is 3. The molecule has 0 radical (unpaired) electrons. The third kappa shape index (κ3) is 6.32. The lowest BCUT2D eigenvalue weighted by Gasteiger charge is -2.33. The molecule has 24 heavy (non-hydrogen) atoms. The largest absolute Gasteiger partial charge is 0.573 e. The van der Waals surface area contributed by atoms with Crippen LogP contribution < -0.4 is 15.9 Å². The fourth-order valence-electron chi connectivity index (χ4n) is 2.60. The lowest BCUT2D eigenvalue weighted by molar-refractivity contribution is -0.274. The number of thiocarbonyl (C=S) groups is 1. The number of ether oxygens (including phenoxy) is 1. The number of hydrogen-bond donors (Lipinski definition) is 2. The van der Waals surface area contributed by atoms with Gasteiger partial charge in [-0.3, -0.25) is 10.3 Å². The van der Waals surface area contributed by atoms with E-state index < -0.39 is 6.36 Å². The molecule has 1 atom stereocenters. The Kier molecular flexibility index (Phi) is 6.38. The van der Waals surface area contributed by atoms with Crippen molar-refractivity contribution in [1.82, 2.24) is 10.3 Å². The molecule has 0 spiro atoms. The van der Waals surface area contributed by atoms with Crippen molar-refractivity contribution < 1.29 is 17.9 Å². The predicted molar refractivity (Wildman–Crippen MR) is 89.6 cm³/mol. The first-order chi connectivity index (χ1) is 11.3. The highest BCUT2D eigenvalue weighted by Gasteiger charge is 2.31. The highest BCUT2D eigenvalue weighted by atomic mass is 32.1. The Morgan fingerprint density at radius 1 is 1.38 bits per heavy atom. The maximum Gasteiger partial charge on any atom is 0.573 e. The number of nitrogens with zero attached hydrogens (tertiary/aromatic N) is 2. The van der Waals surface area contributed by atoms with Crippen LogP contribution in [0.15, 0.2) is 29.4 Å². The van der Waals surface area contributed by atoms with Crippen molar-refractivity contribution in [3.63, 3.8) is 0 Å². The molecule has 5 nitrogen and oxygen atoms in total. The molecule has 1 fully saturated rings. The molecule has 9 heteroatoms. The average molecular weight is 360 g/mol. The van der Waals surface area contributed by atoms with Crippen LogP contribution in [0.3, 0.4) is 0 Å². The number of halogens is 3. The highest BCUT2D eigenvalue weighted by Crippen LogP contribution is 2.24. The first kappa shape index (κ1) is 18.5. The van der Waals surface area contributed by atoms with E-state index in [1.165, 1.54) is 12.1 Å². The van der Waals surface area contributed by atoms with E-state index in [0.717, 1.165) is 31.4 Å². The minimum Gasteiger partial charge on any atom is -0.406 e. The van der Waals surface area contributed by atoms with Crippen LogP contribution in [0.2, 0.25) is 0 Å². The minimum atomic E-state index is -4.67. The maximum absolute atomic E-state index is 12.2.